The molecule has 1 amide bonds. The molecule has 4 nitrogen and oxygen atoms in total. The molecule has 0 bridgehead atoms. The first-order valence-electron chi connectivity index (χ1n) is 4.50. The van der Waals surface area contributed by atoms with Crippen LogP contribution in [0, 0.1) is 0 Å². The van der Waals surface area contributed by atoms with Gasteiger partial charge in [-0.25, -0.2) is 0 Å². The molecule has 0 fully saturated rings. The number of halogens is 1. The van der Waals surface area contributed by atoms with Crippen LogP contribution in [0.5, 0.6) is 5.75 Å². The van der Waals surface area contributed by atoms with Crippen molar-refractivity contribution in [1.82, 2.24) is 0 Å². The zero-order chi connectivity index (χ0) is 12.0. The maximum Gasteiger partial charge on any atom is 0.251 e. The fraction of sp³-hybridized carbons (Fsp3) is 0.182. The molecule has 0 aliphatic heterocycles. The van der Waals surface area contributed by atoms with Crippen LogP contribution in [0.3, 0.4) is 0 Å². The summed E-state index contributed by atoms with van der Waals surface area (Å²) in [5, 5.41) is 2.68. The summed E-state index contributed by atoms with van der Waals surface area (Å²) in [6.07, 6.45) is 2.61. The summed E-state index contributed by atoms with van der Waals surface area (Å²) in [4.78, 5) is 11.3. The Kier molecular flexibility index (Phi) is 4.85. The topological polar surface area (TPSA) is 47.6 Å². The van der Waals surface area contributed by atoms with Gasteiger partial charge in [0.1, 0.15) is 5.75 Å². The van der Waals surface area contributed by atoms with Crippen molar-refractivity contribution < 1.29 is 14.3 Å². The van der Waals surface area contributed by atoms with Crippen LogP contribution in [-0.4, -0.2) is 20.1 Å². The van der Waals surface area contributed by atoms with Crippen molar-refractivity contribution >= 4 is 27.5 Å². The van der Waals surface area contributed by atoms with Gasteiger partial charge < -0.3 is 14.8 Å². The Labute approximate surface area is 102 Å². The van der Waals surface area contributed by atoms with Gasteiger partial charge >= 0.3 is 0 Å². The molecule has 1 aromatic carbocycles. The first kappa shape index (κ1) is 12.6. The highest BCUT2D eigenvalue weighted by molar-refractivity contribution is 9.10. The number of benzene rings is 1. The van der Waals surface area contributed by atoms with Gasteiger partial charge in [0, 0.05) is 22.3 Å². The highest BCUT2D eigenvalue weighted by atomic mass is 79.9. The largest absolute Gasteiger partial charge is 0.504 e. The molecule has 0 atom stereocenters. The van der Waals surface area contributed by atoms with Crippen LogP contribution in [0.4, 0.5) is 5.69 Å². The van der Waals surface area contributed by atoms with E-state index in [2.05, 4.69) is 26.0 Å². The highest BCUT2D eigenvalue weighted by Gasteiger charge is 2.02. The Bertz CT molecular complexity index is 404. The van der Waals surface area contributed by atoms with E-state index in [0.29, 0.717) is 11.4 Å². The molecule has 0 aromatic heterocycles. The zero-order valence-corrected chi connectivity index (χ0v) is 10.6. The number of carbonyl (C=O) groups is 1. The average molecular weight is 286 g/mol. The van der Waals surface area contributed by atoms with E-state index >= 15 is 0 Å². The smallest absolute Gasteiger partial charge is 0.251 e. The monoisotopic (exact) mass is 285 g/mol. The molecule has 0 spiro atoms. The SMILES string of the molecule is CO/C=C/C(=O)Nc1cc(Br)cc(OC)c1. The zero-order valence-electron chi connectivity index (χ0n) is 8.99. The number of amides is 1. The summed E-state index contributed by atoms with van der Waals surface area (Å²) >= 11 is 3.32. The van der Waals surface area contributed by atoms with Crippen LogP contribution < -0.4 is 10.1 Å². The lowest BCUT2D eigenvalue weighted by Crippen LogP contribution is -2.08. The predicted octanol–water partition coefficient (Wildman–Crippen LogP) is 2.56. The van der Waals surface area contributed by atoms with Gasteiger partial charge in [-0.15, -0.1) is 0 Å². The first-order valence-corrected chi connectivity index (χ1v) is 5.30. The minimum absolute atomic E-state index is 0.262. The standard InChI is InChI=1S/C11H12BrNO3/c1-15-4-3-11(14)13-9-5-8(12)6-10(7-9)16-2/h3-7H,1-2H3,(H,13,14)/b4-3+. The van der Waals surface area contributed by atoms with Crippen molar-refractivity contribution in [2.45, 2.75) is 0 Å². The Balaban J connectivity index is 2.77. The number of hydrogen-bond donors (Lipinski definition) is 1. The van der Waals surface area contributed by atoms with Crippen LogP contribution in [-0.2, 0) is 9.53 Å². The van der Waals surface area contributed by atoms with Crippen molar-refractivity contribution in [3.63, 3.8) is 0 Å². The van der Waals surface area contributed by atoms with Crippen LogP contribution in [0.15, 0.2) is 35.0 Å². The molecule has 16 heavy (non-hydrogen) atoms. The molecule has 0 saturated carbocycles. The Morgan fingerprint density at radius 2 is 2.12 bits per heavy atom. The summed E-state index contributed by atoms with van der Waals surface area (Å²) in [7, 11) is 3.05. The van der Waals surface area contributed by atoms with Gasteiger partial charge in [-0.05, 0) is 12.1 Å². The van der Waals surface area contributed by atoms with E-state index in [-0.39, 0.29) is 5.91 Å². The molecule has 86 valence electrons. The van der Waals surface area contributed by atoms with Gasteiger partial charge in [-0.2, -0.15) is 0 Å². The van der Waals surface area contributed by atoms with Crippen molar-refractivity contribution in [3.05, 3.63) is 35.0 Å². The Hall–Kier alpha value is -1.49. The molecule has 1 N–H and O–H groups in total. The summed E-state index contributed by atoms with van der Waals surface area (Å²) in [6, 6.07) is 5.31. The van der Waals surface area contributed by atoms with E-state index in [1.807, 2.05) is 0 Å². The van der Waals surface area contributed by atoms with Crippen LogP contribution in [0.2, 0.25) is 0 Å². The van der Waals surface area contributed by atoms with Crippen molar-refractivity contribution in [3.8, 4) is 5.75 Å². The molecule has 1 aromatic rings. The highest BCUT2D eigenvalue weighted by Crippen LogP contribution is 2.24. The normalized spacial score (nSPS) is 10.2. The number of methoxy groups -OCH3 is 2. The Morgan fingerprint density at radius 3 is 2.75 bits per heavy atom. The third kappa shape index (κ3) is 3.94. The fourth-order valence-electron chi connectivity index (χ4n) is 1.07. The summed E-state index contributed by atoms with van der Waals surface area (Å²) in [6.45, 7) is 0. The molecule has 0 aliphatic rings. The second-order valence-corrected chi connectivity index (χ2v) is 3.82. The Morgan fingerprint density at radius 1 is 1.38 bits per heavy atom. The lowest BCUT2D eigenvalue weighted by atomic mass is 10.3. The van der Waals surface area contributed by atoms with Crippen LogP contribution in [0.25, 0.3) is 0 Å². The van der Waals surface area contributed by atoms with Crippen molar-refractivity contribution in [2.24, 2.45) is 0 Å². The van der Waals surface area contributed by atoms with Gasteiger partial charge in [0.25, 0.3) is 5.91 Å². The number of carbonyl (C=O) groups excluding carboxylic acids is 1. The number of anilines is 1. The van der Waals surface area contributed by atoms with Crippen LogP contribution in [0.1, 0.15) is 0 Å². The number of nitrogens with one attached hydrogen (secondary N) is 1. The molecule has 5 heteroatoms. The average Bonchev–Trinajstić information content (AvgIpc) is 2.25. The predicted molar refractivity (Wildman–Crippen MR) is 65.5 cm³/mol. The molecule has 0 saturated heterocycles. The number of hydrogen-bond acceptors (Lipinski definition) is 3. The van der Waals surface area contributed by atoms with Gasteiger partial charge in [-0.3, -0.25) is 4.79 Å². The summed E-state index contributed by atoms with van der Waals surface area (Å²) in [5.41, 5.74) is 0.650. The van der Waals surface area contributed by atoms with Gasteiger partial charge in [-0.1, -0.05) is 15.9 Å². The van der Waals surface area contributed by atoms with E-state index in [1.54, 1.807) is 25.3 Å². The van der Waals surface area contributed by atoms with E-state index < -0.39 is 0 Å². The van der Waals surface area contributed by atoms with E-state index in [4.69, 9.17) is 4.74 Å². The third-order valence-corrected chi connectivity index (χ3v) is 2.19. The minimum Gasteiger partial charge on any atom is -0.504 e. The van der Waals surface area contributed by atoms with Gasteiger partial charge in [0.15, 0.2) is 0 Å². The summed E-state index contributed by atoms with van der Waals surface area (Å²) < 4.78 is 10.5. The van der Waals surface area contributed by atoms with Gasteiger partial charge in [0.2, 0.25) is 0 Å². The second-order valence-electron chi connectivity index (χ2n) is 2.91. The molecule has 0 heterocycles. The minimum atomic E-state index is -0.262. The van der Waals surface area contributed by atoms with Crippen molar-refractivity contribution in [2.75, 3.05) is 19.5 Å². The van der Waals surface area contributed by atoms with Crippen molar-refractivity contribution in [1.29, 1.82) is 0 Å². The van der Waals surface area contributed by atoms with E-state index in [0.717, 1.165) is 4.47 Å². The fourth-order valence-corrected chi connectivity index (χ4v) is 1.54. The van der Waals surface area contributed by atoms with E-state index in [1.165, 1.54) is 19.4 Å². The number of ether oxygens (including phenoxy) is 2. The number of rotatable bonds is 4. The first-order chi connectivity index (χ1) is 7.65. The maximum absolute atomic E-state index is 11.3. The molecule has 0 radical (unpaired) electrons. The molecule has 0 aliphatic carbocycles. The van der Waals surface area contributed by atoms with Gasteiger partial charge in [0.05, 0.1) is 20.5 Å². The molecule has 0 unspecified atom stereocenters. The maximum atomic E-state index is 11.3. The third-order valence-electron chi connectivity index (χ3n) is 1.73. The molecule has 1 rings (SSSR count). The van der Waals surface area contributed by atoms with E-state index in [9.17, 15) is 4.79 Å². The summed E-state index contributed by atoms with van der Waals surface area (Å²) in [5.74, 6) is 0.405. The van der Waals surface area contributed by atoms with Crippen LogP contribution >= 0.6 is 15.9 Å². The lowest BCUT2D eigenvalue weighted by molar-refractivity contribution is -0.112. The lowest BCUT2D eigenvalue weighted by Gasteiger charge is -2.06. The molecular formula is C11H12BrNO3. The second kappa shape index (κ2) is 6.17. The quantitative estimate of drug-likeness (QED) is 0.683. The molecular weight excluding hydrogens is 274 g/mol.